The maximum atomic E-state index is 13.8. The van der Waals surface area contributed by atoms with Gasteiger partial charge in [0.2, 0.25) is 0 Å². The highest BCUT2D eigenvalue weighted by atomic mass is 19.4. The fourth-order valence-corrected chi connectivity index (χ4v) is 8.04. The number of alkyl halides is 9. The van der Waals surface area contributed by atoms with E-state index in [1.807, 2.05) is 24.3 Å². The second kappa shape index (κ2) is 13.2. The van der Waals surface area contributed by atoms with Crippen LogP contribution in [-0.2, 0) is 18.5 Å². The predicted octanol–water partition coefficient (Wildman–Crippen LogP) is 13.2. The summed E-state index contributed by atoms with van der Waals surface area (Å²) in [6.45, 7) is 1.53. The zero-order valence-electron chi connectivity index (χ0n) is 29.9. The number of rotatable bonds is 2. The quantitative estimate of drug-likeness (QED) is 0.128. The lowest BCUT2D eigenvalue weighted by atomic mass is 9.90. The van der Waals surface area contributed by atoms with E-state index < -0.39 is 40.8 Å². The van der Waals surface area contributed by atoms with E-state index in [0.29, 0.717) is 73.0 Å². The average Bonchev–Trinajstić information content (AvgIpc) is 3.70. The number of halogens is 9. The SMILES string of the molecule is Cc1cc(-c2ccc3c(c2)C(=C(C#N)C#N)c2ccc4c5c(ccc4c2-3)C(=C(C#N)C#N)c2cc(-c3cc(C(F)(F)F)cc(C(F)(F)F)c3)ccc2-5)cc(C(F)(F)F)c1. The summed E-state index contributed by atoms with van der Waals surface area (Å²) in [5.41, 5.74) is 0.0249. The molecule has 0 fully saturated rings. The van der Waals surface area contributed by atoms with Crippen molar-refractivity contribution in [2.45, 2.75) is 25.5 Å². The molecule has 0 unspecified atom stereocenters. The molecule has 0 amide bonds. The molecule has 0 aromatic heterocycles. The molecule has 0 bridgehead atoms. The number of hydrogen-bond donors (Lipinski definition) is 0. The first-order valence-electron chi connectivity index (χ1n) is 17.4. The van der Waals surface area contributed by atoms with Crippen LogP contribution >= 0.6 is 0 Å². The summed E-state index contributed by atoms with van der Waals surface area (Å²) in [5.74, 6) is 0. The van der Waals surface area contributed by atoms with Gasteiger partial charge < -0.3 is 0 Å². The van der Waals surface area contributed by atoms with Crippen LogP contribution in [0.3, 0.4) is 0 Å². The minimum atomic E-state index is -5.10. The molecule has 0 saturated carbocycles. The van der Waals surface area contributed by atoms with Crippen molar-refractivity contribution in [1.82, 2.24) is 0 Å². The summed E-state index contributed by atoms with van der Waals surface area (Å²) in [5, 5.41) is 41.3. The van der Waals surface area contributed by atoms with Crippen LogP contribution in [0.25, 0.3) is 66.4 Å². The number of benzene rings is 6. The van der Waals surface area contributed by atoms with Crippen LogP contribution in [-0.4, -0.2) is 0 Å². The van der Waals surface area contributed by atoms with Gasteiger partial charge in [0, 0.05) is 11.1 Å². The molecule has 0 radical (unpaired) electrons. The van der Waals surface area contributed by atoms with E-state index in [0.717, 1.165) is 12.1 Å². The van der Waals surface area contributed by atoms with Gasteiger partial charge in [-0.1, -0.05) is 54.6 Å². The maximum Gasteiger partial charge on any atom is 0.416 e. The van der Waals surface area contributed by atoms with Crippen molar-refractivity contribution in [3.05, 3.63) is 153 Å². The lowest BCUT2D eigenvalue weighted by Gasteiger charge is -2.15. The van der Waals surface area contributed by atoms with E-state index in [4.69, 9.17) is 0 Å². The van der Waals surface area contributed by atoms with Gasteiger partial charge in [-0.2, -0.15) is 60.6 Å². The fourth-order valence-electron chi connectivity index (χ4n) is 8.04. The topological polar surface area (TPSA) is 95.2 Å². The zero-order chi connectivity index (χ0) is 42.3. The molecule has 0 aliphatic heterocycles. The van der Waals surface area contributed by atoms with Gasteiger partial charge in [-0.15, -0.1) is 0 Å². The van der Waals surface area contributed by atoms with Gasteiger partial charge in [-0.05, 0) is 132 Å². The second-order valence-corrected chi connectivity index (χ2v) is 13.9. The Morgan fingerprint density at radius 3 is 1.12 bits per heavy atom. The van der Waals surface area contributed by atoms with Crippen molar-refractivity contribution in [2.75, 3.05) is 0 Å². The monoisotopic (exact) mass is 798 g/mol. The van der Waals surface area contributed by atoms with Gasteiger partial charge in [-0.3, -0.25) is 0 Å². The standard InChI is InChI=1S/C46H19F9N4/c1-22-10-25(12-29(11-22)44(47,48)49)23-2-4-34-38(15-23)40(27(18-56)19-57)36-8-6-33-32(42(34)36)7-9-37-41(28(20-58)21-59)39-16-24(3-5-35(39)43(33)37)26-13-30(45(50,51)52)17-31(14-26)46(53,54)55/h2-17H,1H3. The Labute approximate surface area is 328 Å². The summed E-state index contributed by atoms with van der Waals surface area (Å²) in [6.07, 6.45) is -14.8. The Hall–Kier alpha value is -7.61. The molecule has 2 aliphatic carbocycles. The number of fused-ring (bicyclic) bond motifs is 9. The van der Waals surface area contributed by atoms with Crippen molar-refractivity contribution in [1.29, 1.82) is 21.0 Å². The van der Waals surface area contributed by atoms with Crippen LogP contribution in [0.1, 0.15) is 44.5 Å². The Balaban J connectivity index is 1.37. The second-order valence-electron chi connectivity index (χ2n) is 13.9. The molecule has 13 heteroatoms. The molecule has 6 aromatic carbocycles. The third-order valence-electron chi connectivity index (χ3n) is 10.5. The van der Waals surface area contributed by atoms with Crippen LogP contribution in [0.15, 0.2) is 108 Å². The smallest absolute Gasteiger partial charge is 0.192 e. The van der Waals surface area contributed by atoms with Crippen LogP contribution in [0.5, 0.6) is 0 Å². The molecule has 8 rings (SSSR count). The molecule has 0 spiro atoms. The Morgan fingerprint density at radius 2 is 0.746 bits per heavy atom. The molecule has 4 nitrogen and oxygen atoms in total. The molecule has 6 aromatic rings. The number of nitrogens with zero attached hydrogens (tertiary/aromatic N) is 4. The lowest BCUT2D eigenvalue weighted by Crippen LogP contribution is -2.11. The van der Waals surface area contributed by atoms with Gasteiger partial charge >= 0.3 is 18.5 Å². The molecular weight excluding hydrogens is 780 g/mol. The third-order valence-corrected chi connectivity index (χ3v) is 10.5. The van der Waals surface area contributed by atoms with Crippen LogP contribution in [0.2, 0.25) is 0 Å². The number of hydrogen-bond acceptors (Lipinski definition) is 4. The Bertz CT molecular complexity index is 3050. The van der Waals surface area contributed by atoms with Crippen molar-refractivity contribution >= 4 is 21.9 Å². The average molecular weight is 799 g/mol. The molecule has 0 saturated heterocycles. The summed E-state index contributed by atoms with van der Waals surface area (Å²) >= 11 is 0. The van der Waals surface area contributed by atoms with Crippen LogP contribution in [0.4, 0.5) is 39.5 Å². The van der Waals surface area contributed by atoms with Crippen molar-refractivity contribution in [3.8, 4) is 68.8 Å². The van der Waals surface area contributed by atoms with Crippen LogP contribution in [0, 0.1) is 52.2 Å². The fraction of sp³-hybridized carbons (Fsp3) is 0.0870. The van der Waals surface area contributed by atoms with E-state index in [2.05, 4.69) is 0 Å². The van der Waals surface area contributed by atoms with E-state index in [1.54, 1.807) is 48.5 Å². The Morgan fingerprint density at radius 1 is 0.390 bits per heavy atom. The number of nitriles is 4. The van der Waals surface area contributed by atoms with Crippen molar-refractivity contribution in [2.24, 2.45) is 0 Å². The largest absolute Gasteiger partial charge is 0.416 e. The normalized spacial score (nSPS) is 12.8. The molecule has 59 heavy (non-hydrogen) atoms. The van der Waals surface area contributed by atoms with Gasteiger partial charge in [0.15, 0.2) is 0 Å². The predicted molar refractivity (Wildman–Crippen MR) is 200 cm³/mol. The maximum absolute atomic E-state index is 13.8. The highest BCUT2D eigenvalue weighted by molar-refractivity contribution is 6.20. The zero-order valence-corrected chi connectivity index (χ0v) is 29.9. The summed E-state index contributed by atoms with van der Waals surface area (Å²) < 4.78 is 124. The highest BCUT2D eigenvalue weighted by Crippen LogP contribution is 2.55. The molecule has 0 heterocycles. The highest BCUT2D eigenvalue weighted by Gasteiger charge is 2.38. The van der Waals surface area contributed by atoms with E-state index >= 15 is 0 Å². The molecule has 2 aliphatic rings. The minimum Gasteiger partial charge on any atom is -0.192 e. The van der Waals surface area contributed by atoms with Crippen LogP contribution < -0.4 is 0 Å². The first-order chi connectivity index (χ1) is 27.9. The van der Waals surface area contributed by atoms with Gasteiger partial charge in [-0.25, -0.2) is 0 Å². The minimum absolute atomic E-state index is 0.0220. The van der Waals surface area contributed by atoms with Crippen molar-refractivity contribution < 1.29 is 39.5 Å². The first kappa shape index (κ1) is 38.3. The van der Waals surface area contributed by atoms with Crippen molar-refractivity contribution in [3.63, 3.8) is 0 Å². The summed E-state index contributed by atoms with van der Waals surface area (Å²) in [7, 11) is 0. The van der Waals surface area contributed by atoms with Gasteiger partial charge in [0.1, 0.15) is 35.4 Å². The Kier molecular flexibility index (Phi) is 8.58. The van der Waals surface area contributed by atoms with E-state index in [-0.39, 0.29) is 45.0 Å². The van der Waals surface area contributed by atoms with E-state index in [9.17, 15) is 60.6 Å². The molecular formula is C46H19F9N4. The molecule has 0 atom stereocenters. The summed E-state index contributed by atoms with van der Waals surface area (Å²) in [6, 6.07) is 28.2. The molecule has 286 valence electrons. The van der Waals surface area contributed by atoms with Gasteiger partial charge in [0.25, 0.3) is 0 Å². The first-order valence-corrected chi connectivity index (χ1v) is 17.4. The van der Waals surface area contributed by atoms with E-state index in [1.165, 1.54) is 25.1 Å². The molecule has 0 N–H and O–H groups in total. The van der Waals surface area contributed by atoms with Gasteiger partial charge in [0.05, 0.1) is 16.7 Å². The lowest BCUT2D eigenvalue weighted by molar-refractivity contribution is -0.143. The number of aryl methyl sites for hydroxylation is 1. The third kappa shape index (κ3) is 6.16. The number of allylic oxidation sites excluding steroid dienone is 2. The summed E-state index contributed by atoms with van der Waals surface area (Å²) in [4.78, 5) is 0.